The van der Waals surface area contributed by atoms with E-state index in [-0.39, 0.29) is 25.4 Å². The number of pyridine rings is 1. The summed E-state index contributed by atoms with van der Waals surface area (Å²) in [4.78, 5) is 45.3. The number of aromatic nitrogens is 4. The summed E-state index contributed by atoms with van der Waals surface area (Å²) in [5.74, 6) is -0.819. The molecule has 5 rings (SSSR count). The molecule has 3 amide bonds. The third kappa shape index (κ3) is 5.38. The number of fused-ring (bicyclic) bond motifs is 1. The maximum Gasteiger partial charge on any atom is 0.248 e. The van der Waals surface area contributed by atoms with Gasteiger partial charge < -0.3 is 20.6 Å². The molecule has 1 saturated heterocycles. The molecule has 2 unspecified atom stereocenters. The van der Waals surface area contributed by atoms with Gasteiger partial charge in [0.1, 0.15) is 12.1 Å². The van der Waals surface area contributed by atoms with Gasteiger partial charge in [-0.25, -0.2) is 4.68 Å². The highest BCUT2D eigenvalue weighted by molar-refractivity contribution is 6.02. The first-order valence-electron chi connectivity index (χ1n) is 12.9. The molecule has 1 aliphatic heterocycles. The Hall–Kier alpha value is -3.86. The van der Waals surface area contributed by atoms with Crippen molar-refractivity contribution in [2.24, 2.45) is 5.41 Å². The summed E-state index contributed by atoms with van der Waals surface area (Å²) in [6.07, 6.45) is 4.88. The molecule has 11 nitrogen and oxygen atoms in total. The zero-order chi connectivity index (χ0) is 27.0. The van der Waals surface area contributed by atoms with Crippen LogP contribution in [0, 0.1) is 5.41 Å². The quantitative estimate of drug-likeness (QED) is 0.433. The maximum absolute atomic E-state index is 13.8. The monoisotopic (exact) mass is 519 g/mol. The van der Waals surface area contributed by atoms with Gasteiger partial charge in [0.2, 0.25) is 17.7 Å². The maximum atomic E-state index is 13.8. The Kier molecular flexibility index (Phi) is 6.87. The van der Waals surface area contributed by atoms with E-state index in [0.29, 0.717) is 11.6 Å². The number of β-amino-alcohol motifs (C(OH)–C–C–N with tert-alkyl or cyclic N) is 1. The Morgan fingerprint density at radius 2 is 1.95 bits per heavy atom. The number of nitrogens with one attached hydrogen (secondary N) is 2. The lowest BCUT2D eigenvalue weighted by molar-refractivity contribution is -0.144. The summed E-state index contributed by atoms with van der Waals surface area (Å²) in [6.45, 7) is 5.55. The molecule has 2 fully saturated rings. The first kappa shape index (κ1) is 25.8. The van der Waals surface area contributed by atoms with Crippen LogP contribution in [-0.2, 0) is 14.4 Å². The zero-order valence-corrected chi connectivity index (χ0v) is 21.8. The van der Waals surface area contributed by atoms with E-state index in [9.17, 15) is 19.5 Å². The molecule has 0 radical (unpaired) electrons. The van der Waals surface area contributed by atoms with Crippen molar-refractivity contribution in [2.45, 2.75) is 64.1 Å². The standard InChI is InChI=1S/C27H33N7O4/c1-27(2,3)24(34-15-21(31-32-34)16-9-10-16)26(38)33-14-17(35)12-22(33)25(37)29-13-23(36)30-20-8-4-7-19-18(20)6-5-11-28-19/h4-8,11,15-17,22,24,35H,9-10,12-14H2,1-3H3,(H,29,37)(H,30,36)/t17?,22?,24-/m1/s1. The molecule has 0 spiro atoms. The van der Waals surface area contributed by atoms with Crippen molar-refractivity contribution >= 4 is 34.3 Å². The summed E-state index contributed by atoms with van der Waals surface area (Å²) in [7, 11) is 0. The highest BCUT2D eigenvalue weighted by Gasteiger charge is 2.45. The fourth-order valence-electron chi connectivity index (χ4n) is 5.02. The van der Waals surface area contributed by atoms with Gasteiger partial charge in [-0.15, -0.1) is 5.10 Å². The number of carbonyl (C=O) groups excluding carboxylic acids is 3. The number of anilines is 1. The second kappa shape index (κ2) is 10.1. The average Bonchev–Trinajstić information content (AvgIpc) is 3.48. The van der Waals surface area contributed by atoms with Crippen molar-refractivity contribution in [3.8, 4) is 0 Å². The van der Waals surface area contributed by atoms with E-state index in [1.807, 2.05) is 39.1 Å². The molecule has 38 heavy (non-hydrogen) atoms. The van der Waals surface area contributed by atoms with Gasteiger partial charge in [-0.2, -0.15) is 0 Å². The van der Waals surface area contributed by atoms with Gasteiger partial charge >= 0.3 is 0 Å². The summed E-state index contributed by atoms with van der Waals surface area (Å²) in [5.41, 5.74) is 1.69. The van der Waals surface area contributed by atoms with Gasteiger partial charge in [0.05, 0.1) is 29.5 Å². The third-order valence-electron chi connectivity index (χ3n) is 7.05. The molecule has 3 atom stereocenters. The van der Waals surface area contributed by atoms with Crippen LogP contribution in [-0.4, -0.2) is 72.9 Å². The Morgan fingerprint density at radius 3 is 2.68 bits per heavy atom. The van der Waals surface area contributed by atoms with Gasteiger partial charge in [-0.3, -0.25) is 19.4 Å². The van der Waals surface area contributed by atoms with E-state index >= 15 is 0 Å². The SMILES string of the molecule is CC(C)(C)[C@@H](C(=O)N1CC(O)CC1C(=O)NCC(=O)Nc1cccc2ncccc12)n1cc(C2CC2)nn1. The molecule has 1 aromatic carbocycles. The fourth-order valence-corrected chi connectivity index (χ4v) is 5.02. The lowest BCUT2D eigenvalue weighted by Crippen LogP contribution is -2.51. The van der Waals surface area contributed by atoms with Gasteiger partial charge in [0.15, 0.2) is 0 Å². The van der Waals surface area contributed by atoms with Crippen LogP contribution in [0.5, 0.6) is 0 Å². The molecule has 0 bridgehead atoms. The Morgan fingerprint density at radius 1 is 1.16 bits per heavy atom. The van der Waals surface area contributed by atoms with E-state index in [1.54, 1.807) is 29.1 Å². The predicted octanol–water partition coefficient (Wildman–Crippen LogP) is 2.01. The van der Waals surface area contributed by atoms with Crippen molar-refractivity contribution in [3.05, 3.63) is 48.4 Å². The third-order valence-corrected chi connectivity index (χ3v) is 7.05. The summed E-state index contributed by atoms with van der Waals surface area (Å²) < 4.78 is 1.59. The minimum Gasteiger partial charge on any atom is -0.391 e. The summed E-state index contributed by atoms with van der Waals surface area (Å²) >= 11 is 0. The van der Waals surface area contributed by atoms with E-state index in [0.717, 1.165) is 29.4 Å². The molecule has 200 valence electrons. The van der Waals surface area contributed by atoms with Crippen molar-refractivity contribution in [1.82, 2.24) is 30.2 Å². The summed E-state index contributed by atoms with van der Waals surface area (Å²) in [6, 6.07) is 7.45. The van der Waals surface area contributed by atoms with Crippen LogP contribution in [0.1, 0.15) is 57.7 Å². The number of hydrogen-bond donors (Lipinski definition) is 3. The summed E-state index contributed by atoms with van der Waals surface area (Å²) in [5, 5.41) is 25.1. The molecular formula is C27H33N7O4. The van der Waals surface area contributed by atoms with Crippen LogP contribution in [0.25, 0.3) is 10.9 Å². The second-order valence-corrected chi connectivity index (χ2v) is 11.2. The molecule has 2 aromatic heterocycles. The Bertz CT molecular complexity index is 1360. The molecule has 3 aromatic rings. The molecule has 2 aliphatic rings. The van der Waals surface area contributed by atoms with E-state index in [1.165, 1.54) is 4.90 Å². The number of nitrogens with zero attached hydrogens (tertiary/aromatic N) is 5. The van der Waals surface area contributed by atoms with Crippen molar-refractivity contribution in [3.63, 3.8) is 0 Å². The van der Waals surface area contributed by atoms with Gasteiger partial charge in [-0.05, 0) is 42.5 Å². The fraction of sp³-hybridized carbons (Fsp3) is 0.481. The van der Waals surface area contributed by atoms with Crippen LogP contribution in [0.3, 0.4) is 0 Å². The first-order valence-corrected chi connectivity index (χ1v) is 12.9. The minimum atomic E-state index is -0.900. The van der Waals surface area contributed by atoms with Crippen LogP contribution >= 0.6 is 0 Å². The van der Waals surface area contributed by atoms with Gasteiger partial charge in [0.25, 0.3) is 0 Å². The second-order valence-electron chi connectivity index (χ2n) is 11.2. The van der Waals surface area contributed by atoms with Crippen LogP contribution < -0.4 is 10.6 Å². The number of aliphatic hydroxyl groups is 1. The van der Waals surface area contributed by atoms with Crippen molar-refractivity contribution < 1.29 is 19.5 Å². The van der Waals surface area contributed by atoms with E-state index in [4.69, 9.17) is 0 Å². The topological polar surface area (TPSA) is 142 Å². The molecule has 1 aliphatic carbocycles. The number of amides is 3. The number of likely N-dealkylation sites (tertiary alicyclic amines) is 1. The van der Waals surface area contributed by atoms with Crippen LogP contribution in [0.2, 0.25) is 0 Å². The predicted molar refractivity (Wildman–Crippen MR) is 140 cm³/mol. The van der Waals surface area contributed by atoms with E-state index in [2.05, 4.69) is 25.9 Å². The number of carbonyl (C=O) groups is 3. The lowest BCUT2D eigenvalue weighted by Gasteiger charge is -2.34. The molecule has 1 saturated carbocycles. The minimum absolute atomic E-state index is 0.0306. The highest BCUT2D eigenvalue weighted by atomic mass is 16.3. The smallest absolute Gasteiger partial charge is 0.248 e. The number of benzene rings is 1. The Balaban J connectivity index is 1.26. The van der Waals surface area contributed by atoms with E-state index < -0.39 is 35.4 Å². The van der Waals surface area contributed by atoms with Crippen LogP contribution in [0.15, 0.2) is 42.7 Å². The van der Waals surface area contributed by atoms with Gasteiger partial charge in [-0.1, -0.05) is 32.1 Å². The molecular weight excluding hydrogens is 486 g/mol. The number of rotatable bonds is 7. The number of hydrogen-bond acceptors (Lipinski definition) is 7. The molecule has 3 heterocycles. The number of aliphatic hydroxyl groups excluding tert-OH is 1. The molecule has 11 heteroatoms. The zero-order valence-electron chi connectivity index (χ0n) is 21.8. The van der Waals surface area contributed by atoms with Gasteiger partial charge in [0, 0.05) is 36.7 Å². The largest absolute Gasteiger partial charge is 0.391 e. The van der Waals surface area contributed by atoms with Crippen LogP contribution in [0.4, 0.5) is 5.69 Å². The Labute approximate surface area is 220 Å². The highest BCUT2D eigenvalue weighted by Crippen LogP contribution is 2.40. The van der Waals surface area contributed by atoms with Crippen molar-refractivity contribution in [1.29, 1.82) is 0 Å². The normalized spacial score (nSPS) is 20.4. The average molecular weight is 520 g/mol. The van der Waals surface area contributed by atoms with Crippen molar-refractivity contribution in [2.75, 3.05) is 18.4 Å². The first-order chi connectivity index (χ1) is 18.1. The lowest BCUT2D eigenvalue weighted by atomic mass is 9.85. The molecule has 3 N–H and O–H groups in total.